The van der Waals surface area contributed by atoms with Crippen molar-refractivity contribution in [3.05, 3.63) is 28.5 Å². The SMILES string of the molecule is N[C@H](c1cc(Br)ccn1)C1CCC1. The molecule has 0 saturated heterocycles. The fraction of sp³-hybridized carbons (Fsp3) is 0.500. The Bertz CT molecular complexity index is 297. The van der Waals surface area contributed by atoms with Gasteiger partial charge in [-0.05, 0) is 30.9 Å². The lowest BCUT2D eigenvalue weighted by molar-refractivity contribution is 0.261. The molecule has 1 heterocycles. The van der Waals surface area contributed by atoms with Gasteiger partial charge in [-0.3, -0.25) is 4.98 Å². The number of rotatable bonds is 2. The van der Waals surface area contributed by atoms with Gasteiger partial charge in [-0.15, -0.1) is 0 Å². The summed E-state index contributed by atoms with van der Waals surface area (Å²) in [5, 5.41) is 0. The van der Waals surface area contributed by atoms with Gasteiger partial charge in [0.2, 0.25) is 0 Å². The molecular weight excluding hydrogens is 228 g/mol. The zero-order valence-corrected chi connectivity index (χ0v) is 9.00. The van der Waals surface area contributed by atoms with Crippen molar-refractivity contribution in [1.82, 2.24) is 4.98 Å². The van der Waals surface area contributed by atoms with Crippen molar-refractivity contribution in [3.8, 4) is 0 Å². The third-order valence-electron chi connectivity index (χ3n) is 2.74. The Balaban J connectivity index is 2.14. The number of nitrogens with zero attached hydrogens (tertiary/aromatic N) is 1. The quantitative estimate of drug-likeness (QED) is 0.864. The van der Waals surface area contributed by atoms with Crippen LogP contribution in [0.2, 0.25) is 0 Å². The van der Waals surface area contributed by atoms with Crippen molar-refractivity contribution in [2.45, 2.75) is 25.3 Å². The first-order valence-electron chi connectivity index (χ1n) is 4.64. The third-order valence-corrected chi connectivity index (χ3v) is 3.24. The van der Waals surface area contributed by atoms with Crippen molar-refractivity contribution < 1.29 is 0 Å². The second-order valence-corrected chi connectivity index (χ2v) is 4.53. The molecule has 0 amide bonds. The summed E-state index contributed by atoms with van der Waals surface area (Å²) in [4.78, 5) is 4.29. The van der Waals surface area contributed by atoms with Crippen LogP contribution in [-0.2, 0) is 0 Å². The zero-order valence-electron chi connectivity index (χ0n) is 7.41. The summed E-state index contributed by atoms with van der Waals surface area (Å²) in [5.74, 6) is 0.654. The van der Waals surface area contributed by atoms with Crippen LogP contribution < -0.4 is 5.73 Å². The molecule has 0 spiro atoms. The van der Waals surface area contributed by atoms with Crippen LogP contribution in [0.15, 0.2) is 22.8 Å². The average molecular weight is 241 g/mol. The summed E-state index contributed by atoms with van der Waals surface area (Å²) in [6, 6.07) is 4.08. The number of hydrogen-bond donors (Lipinski definition) is 1. The summed E-state index contributed by atoms with van der Waals surface area (Å²) in [5.41, 5.74) is 7.10. The highest BCUT2D eigenvalue weighted by Crippen LogP contribution is 2.35. The summed E-state index contributed by atoms with van der Waals surface area (Å²) in [7, 11) is 0. The van der Waals surface area contributed by atoms with E-state index >= 15 is 0 Å². The van der Waals surface area contributed by atoms with Crippen LogP contribution >= 0.6 is 15.9 Å². The molecule has 1 aliphatic rings. The third kappa shape index (κ3) is 1.92. The normalized spacial score (nSPS) is 19.5. The van der Waals surface area contributed by atoms with Crippen molar-refractivity contribution in [2.24, 2.45) is 11.7 Å². The first-order valence-corrected chi connectivity index (χ1v) is 5.43. The van der Waals surface area contributed by atoms with Crippen LogP contribution in [0.25, 0.3) is 0 Å². The fourth-order valence-corrected chi connectivity index (χ4v) is 2.00. The largest absolute Gasteiger partial charge is 0.322 e. The molecular formula is C10H13BrN2. The number of pyridine rings is 1. The Hall–Kier alpha value is -0.410. The van der Waals surface area contributed by atoms with Crippen LogP contribution in [0.1, 0.15) is 31.0 Å². The Kier molecular flexibility index (Phi) is 2.65. The number of aromatic nitrogens is 1. The summed E-state index contributed by atoms with van der Waals surface area (Å²) >= 11 is 3.42. The monoisotopic (exact) mass is 240 g/mol. The van der Waals surface area contributed by atoms with Gasteiger partial charge in [0.25, 0.3) is 0 Å². The van der Waals surface area contributed by atoms with E-state index < -0.39 is 0 Å². The van der Waals surface area contributed by atoms with E-state index in [2.05, 4.69) is 20.9 Å². The first-order chi connectivity index (χ1) is 6.27. The second kappa shape index (κ2) is 3.76. The molecule has 2 N–H and O–H groups in total. The van der Waals surface area contributed by atoms with Gasteiger partial charge in [0.1, 0.15) is 0 Å². The van der Waals surface area contributed by atoms with E-state index in [0.717, 1.165) is 10.2 Å². The topological polar surface area (TPSA) is 38.9 Å². The standard InChI is InChI=1S/C10H13BrN2/c11-8-4-5-13-9(6-8)10(12)7-2-1-3-7/h4-7,10H,1-3,12H2/t10-/m0/s1. The highest BCUT2D eigenvalue weighted by atomic mass is 79.9. The summed E-state index contributed by atoms with van der Waals surface area (Å²) in [6.07, 6.45) is 5.65. The molecule has 1 aromatic heterocycles. The Labute approximate surface area is 86.7 Å². The molecule has 1 aromatic rings. The van der Waals surface area contributed by atoms with Crippen molar-refractivity contribution in [2.75, 3.05) is 0 Å². The Morgan fingerprint density at radius 3 is 2.85 bits per heavy atom. The van der Waals surface area contributed by atoms with Gasteiger partial charge in [0.05, 0.1) is 5.69 Å². The first kappa shape index (κ1) is 9.16. The molecule has 3 heteroatoms. The number of nitrogens with two attached hydrogens (primary N) is 1. The van der Waals surface area contributed by atoms with Gasteiger partial charge in [-0.25, -0.2) is 0 Å². The Morgan fingerprint density at radius 2 is 2.31 bits per heavy atom. The van der Waals surface area contributed by atoms with Crippen molar-refractivity contribution in [3.63, 3.8) is 0 Å². The van der Waals surface area contributed by atoms with Gasteiger partial charge in [0, 0.05) is 16.7 Å². The van der Waals surface area contributed by atoms with E-state index in [9.17, 15) is 0 Å². The summed E-state index contributed by atoms with van der Waals surface area (Å²) in [6.45, 7) is 0. The minimum absolute atomic E-state index is 0.131. The van der Waals surface area contributed by atoms with Crippen LogP contribution in [0.4, 0.5) is 0 Å². The lowest BCUT2D eigenvalue weighted by Gasteiger charge is -2.30. The van der Waals surface area contributed by atoms with E-state index in [1.165, 1.54) is 19.3 Å². The molecule has 1 fully saturated rings. The molecule has 0 radical (unpaired) electrons. The number of hydrogen-bond acceptors (Lipinski definition) is 2. The van der Waals surface area contributed by atoms with Gasteiger partial charge in [-0.1, -0.05) is 22.4 Å². The molecule has 0 unspecified atom stereocenters. The van der Waals surface area contributed by atoms with Gasteiger partial charge >= 0.3 is 0 Å². The maximum atomic E-state index is 6.09. The van der Waals surface area contributed by atoms with E-state index in [0.29, 0.717) is 5.92 Å². The molecule has 0 aromatic carbocycles. The van der Waals surface area contributed by atoms with Crippen molar-refractivity contribution in [1.29, 1.82) is 0 Å². The van der Waals surface area contributed by atoms with Gasteiger partial charge < -0.3 is 5.73 Å². The Morgan fingerprint density at radius 1 is 1.54 bits per heavy atom. The molecule has 0 aliphatic heterocycles. The van der Waals surface area contributed by atoms with Crippen molar-refractivity contribution >= 4 is 15.9 Å². The highest BCUT2D eigenvalue weighted by Gasteiger charge is 2.26. The van der Waals surface area contributed by atoms with Crippen LogP contribution in [0, 0.1) is 5.92 Å². The minimum Gasteiger partial charge on any atom is -0.322 e. The van der Waals surface area contributed by atoms with Gasteiger partial charge in [0.15, 0.2) is 0 Å². The predicted octanol–water partition coefficient (Wildman–Crippen LogP) is 2.64. The molecule has 13 heavy (non-hydrogen) atoms. The minimum atomic E-state index is 0.131. The van der Waals surface area contributed by atoms with E-state index in [-0.39, 0.29) is 6.04 Å². The lowest BCUT2D eigenvalue weighted by Crippen LogP contribution is -2.27. The van der Waals surface area contributed by atoms with Gasteiger partial charge in [-0.2, -0.15) is 0 Å². The van der Waals surface area contributed by atoms with E-state index in [1.807, 2.05) is 12.1 Å². The van der Waals surface area contributed by atoms with E-state index in [4.69, 9.17) is 5.73 Å². The molecule has 1 aliphatic carbocycles. The maximum absolute atomic E-state index is 6.09. The molecule has 2 rings (SSSR count). The molecule has 70 valence electrons. The van der Waals surface area contributed by atoms with E-state index in [1.54, 1.807) is 6.20 Å². The summed E-state index contributed by atoms with van der Waals surface area (Å²) < 4.78 is 1.06. The predicted molar refractivity (Wildman–Crippen MR) is 56.2 cm³/mol. The maximum Gasteiger partial charge on any atom is 0.0585 e. The lowest BCUT2D eigenvalue weighted by atomic mass is 9.79. The van der Waals surface area contributed by atoms with Crippen LogP contribution in [0.5, 0.6) is 0 Å². The molecule has 2 nitrogen and oxygen atoms in total. The van der Waals surface area contributed by atoms with Crippen LogP contribution in [0.3, 0.4) is 0 Å². The molecule has 0 bridgehead atoms. The smallest absolute Gasteiger partial charge is 0.0585 e. The second-order valence-electron chi connectivity index (χ2n) is 3.62. The number of halogens is 1. The van der Waals surface area contributed by atoms with Crippen LogP contribution in [-0.4, -0.2) is 4.98 Å². The highest BCUT2D eigenvalue weighted by molar-refractivity contribution is 9.10. The fourth-order valence-electron chi connectivity index (χ4n) is 1.64. The zero-order chi connectivity index (χ0) is 9.26. The average Bonchev–Trinajstić information content (AvgIpc) is 2.01. The molecule has 1 saturated carbocycles. The molecule has 1 atom stereocenters.